The maximum Gasteiger partial charge on any atom is 0.285 e. The highest BCUT2D eigenvalue weighted by Gasteiger charge is 2.33. The van der Waals surface area contributed by atoms with E-state index in [2.05, 4.69) is 5.43 Å². The molecule has 0 atom stereocenters. The lowest BCUT2D eigenvalue weighted by Gasteiger charge is -2.15. The first-order valence-electron chi connectivity index (χ1n) is 8.03. The molecular formula is C20H16N2O3S2. The summed E-state index contributed by atoms with van der Waals surface area (Å²) in [6, 6.07) is 16.3. The van der Waals surface area contributed by atoms with Crippen molar-refractivity contribution in [3.8, 4) is 5.75 Å². The van der Waals surface area contributed by atoms with E-state index in [1.54, 1.807) is 43.5 Å². The SMILES string of the molecule is COc1ccc(C(=O)NN2C(=O)/C(=C/C=C/c3ccccc3)SC2=S)cc1. The molecule has 1 N–H and O–H groups in total. The van der Waals surface area contributed by atoms with Gasteiger partial charge in [-0.05, 0) is 48.1 Å². The zero-order valence-electron chi connectivity index (χ0n) is 14.4. The molecule has 2 aromatic rings. The van der Waals surface area contributed by atoms with Gasteiger partial charge in [0.1, 0.15) is 5.75 Å². The van der Waals surface area contributed by atoms with Crippen molar-refractivity contribution in [3.63, 3.8) is 0 Å². The van der Waals surface area contributed by atoms with Gasteiger partial charge >= 0.3 is 0 Å². The van der Waals surface area contributed by atoms with Crippen LogP contribution in [0.15, 0.2) is 71.7 Å². The molecule has 2 amide bonds. The maximum absolute atomic E-state index is 12.5. The van der Waals surface area contributed by atoms with E-state index in [0.717, 1.165) is 22.3 Å². The Bertz CT molecular complexity index is 922. The van der Waals surface area contributed by atoms with Crippen LogP contribution in [0.1, 0.15) is 15.9 Å². The summed E-state index contributed by atoms with van der Waals surface area (Å²) < 4.78 is 5.34. The highest BCUT2D eigenvalue weighted by molar-refractivity contribution is 8.26. The Morgan fingerprint density at radius 3 is 2.52 bits per heavy atom. The molecule has 136 valence electrons. The van der Waals surface area contributed by atoms with E-state index in [0.29, 0.717) is 16.2 Å². The number of thiocarbonyl (C=S) groups is 1. The molecule has 1 saturated heterocycles. The van der Waals surface area contributed by atoms with Crippen molar-refractivity contribution in [2.24, 2.45) is 0 Å². The smallest absolute Gasteiger partial charge is 0.285 e. The number of allylic oxidation sites excluding steroid dienone is 2. The maximum atomic E-state index is 12.5. The fraction of sp³-hybridized carbons (Fsp3) is 0.0500. The average molecular weight is 396 g/mol. The number of nitrogens with zero attached hydrogens (tertiary/aromatic N) is 1. The molecule has 1 fully saturated rings. The van der Waals surface area contributed by atoms with Crippen LogP contribution in [0.2, 0.25) is 0 Å². The van der Waals surface area contributed by atoms with Gasteiger partial charge in [-0.15, -0.1) is 0 Å². The first-order chi connectivity index (χ1) is 13.1. The number of nitrogens with one attached hydrogen (secondary N) is 1. The van der Waals surface area contributed by atoms with E-state index in [-0.39, 0.29) is 10.2 Å². The number of ether oxygens (including phenoxy) is 1. The second-order valence-electron chi connectivity index (χ2n) is 5.48. The third-order valence-corrected chi connectivity index (χ3v) is 5.02. The van der Waals surface area contributed by atoms with Crippen LogP contribution >= 0.6 is 24.0 Å². The third kappa shape index (κ3) is 4.64. The summed E-state index contributed by atoms with van der Waals surface area (Å²) in [5.41, 5.74) is 3.97. The summed E-state index contributed by atoms with van der Waals surface area (Å²) in [6.07, 6.45) is 5.36. The highest BCUT2D eigenvalue weighted by Crippen LogP contribution is 2.29. The molecule has 3 rings (SSSR count). The minimum Gasteiger partial charge on any atom is -0.497 e. The van der Waals surface area contributed by atoms with Gasteiger partial charge in [-0.2, -0.15) is 5.01 Å². The summed E-state index contributed by atoms with van der Waals surface area (Å²) in [5, 5.41) is 1.09. The van der Waals surface area contributed by atoms with Crippen LogP contribution in [-0.2, 0) is 4.79 Å². The lowest BCUT2D eigenvalue weighted by atomic mass is 10.2. The zero-order valence-corrected chi connectivity index (χ0v) is 16.0. The largest absolute Gasteiger partial charge is 0.497 e. The molecule has 0 saturated carbocycles. The molecule has 7 heteroatoms. The number of amides is 2. The molecule has 1 heterocycles. The van der Waals surface area contributed by atoms with E-state index in [4.69, 9.17) is 17.0 Å². The summed E-state index contributed by atoms with van der Waals surface area (Å²) in [6.45, 7) is 0. The number of hydrogen-bond donors (Lipinski definition) is 1. The van der Waals surface area contributed by atoms with Crippen LogP contribution in [0, 0.1) is 0 Å². The van der Waals surface area contributed by atoms with Crippen LogP contribution < -0.4 is 10.2 Å². The summed E-state index contributed by atoms with van der Waals surface area (Å²) in [4.78, 5) is 25.3. The molecule has 1 aliphatic heterocycles. The number of benzene rings is 2. The lowest BCUT2D eigenvalue weighted by Crippen LogP contribution is -2.44. The number of carbonyl (C=O) groups excluding carboxylic acids is 2. The van der Waals surface area contributed by atoms with Crippen LogP contribution in [0.3, 0.4) is 0 Å². The van der Waals surface area contributed by atoms with Crippen LogP contribution in [-0.4, -0.2) is 28.3 Å². The molecule has 0 bridgehead atoms. The predicted octanol–water partition coefficient (Wildman–Crippen LogP) is 3.80. The zero-order chi connectivity index (χ0) is 19.2. The van der Waals surface area contributed by atoms with E-state index < -0.39 is 5.91 Å². The Kier molecular flexibility index (Phi) is 6.05. The summed E-state index contributed by atoms with van der Waals surface area (Å²) in [7, 11) is 1.55. The van der Waals surface area contributed by atoms with Gasteiger partial charge in [0.2, 0.25) is 0 Å². The van der Waals surface area contributed by atoms with Crippen molar-refractivity contribution >= 4 is 46.2 Å². The van der Waals surface area contributed by atoms with Gasteiger partial charge < -0.3 is 4.74 Å². The standard InChI is InChI=1S/C20H16N2O3S2/c1-25-16-12-10-15(11-13-16)18(23)21-22-19(24)17(27-20(22)26)9-5-8-14-6-3-2-4-7-14/h2-13H,1H3,(H,21,23)/b8-5+,17-9-. The van der Waals surface area contributed by atoms with Crippen LogP contribution in [0.25, 0.3) is 6.08 Å². The third-order valence-electron chi connectivity index (χ3n) is 3.70. The molecule has 27 heavy (non-hydrogen) atoms. The lowest BCUT2D eigenvalue weighted by molar-refractivity contribution is -0.123. The molecule has 0 radical (unpaired) electrons. The Labute approximate surface area is 166 Å². The van der Waals surface area contributed by atoms with Gasteiger partial charge in [0.15, 0.2) is 4.32 Å². The van der Waals surface area contributed by atoms with Gasteiger partial charge in [0, 0.05) is 5.56 Å². The van der Waals surface area contributed by atoms with Crippen molar-refractivity contribution in [3.05, 3.63) is 82.8 Å². The molecular weight excluding hydrogens is 380 g/mol. The van der Waals surface area contributed by atoms with Crippen molar-refractivity contribution in [1.82, 2.24) is 10.4 Å². The van der Waals surface area contributed by atoms with Gasteiger partial charge in [0.05, 0.1) is 12.0 Å². The average Bonchev–Trinajstić information content (AvgIpc) is 2.96. The fourth-order valence-electron chi connectivity index (χ4n) is 2.30. The van der Waals surface area contributed by atoms with E-state index in [9.17, 15) is 9.59 Å². The molecule has 5 nitrogen and oxygen atoms in total. The van der Waals surface area contributed by atoms with Gasteiger partial charge in [-0.1, -0.05) is 54.2 Å². The summed E-state index contributed by atoms with van der Waals surface area (Å²) in [5.74, 6) is -0.134. The van der Waals surface area contributed by atoms with Crippen LogP contribution in [0.4, 0.5) is 0 Å². The van der Waals surface area contributed by atoms with E-state index >= 15 is 0 Å². The molecule has 0 spiro atoms. The van der Waals surface area contributed by atoms with Crippen molar-refractivity contribution < 1.29 is 14.3 Å². The Balaban J connectivity index is 1.67. The Hall–Kier alpha value is -2.90. The topological polar surface area (TPSA) is 58.6 Å². The number of hydrazine groups is 1. The minimum absolute atomic E-state index is 0.279. The first-order valence-corrected chi connectivity index (χ1v) is 9.25. The second-order valence-corrected chi connectivity index (χ2v) is 7.15. The van der Waals surface area contributed by atoms with Gasteiger partial charge in [-0.25, -0.2) is 0 Å². The monoisotopic (exact) mass is 396 g/mol. The number of thioether (sulfide) groups is 1. The fourth-order valence-corrected chi connectivity index (χ4v) is 3.43. The van der Waals surface area contributed by atoms with E-state index in [1.165, 1.54) is 0 Å². The van der Waals surface area contributed by atoms with Crippen molar-refractivity contribution in [2.75, 3.05) is 7.11 Å². The first kappa shape index (κ1) is 18.9. The Morgan fingerprint density at radius 1 is 1.15 bits per heavy atom. The number of rotatable bonds is 5. The quantitative estimate of drug-likeness (QED) is 0.615. The summed E-state index contributed by atoms with van der Waals surface area (Å²) >= 11 is 6.36. The van der Waals surface area contributed by atoms with Crippen molar-refractivity contribution in [1.29, 1.82) is 0 Å². The predicted molar refractivity (Wildman–Crippen MR) is 111 cm³/mol. The van der Waals surface area contributed by atoms with Gasteiger partial charge in [0.25, 0.3) is 11.8 Å². The molecule has 0 aliphatic carbocycles. The highest BCUT2D eigenvalue weighted by atomic mass is 32.2. The van der Waals surface area contributed by atoms with Crippen LogP contribution in [0.5, 0.6) is 5.75 Å². The van der Waals surface area contributed by atoms with Gasteiger partial charge in [-0.3, -0.25) is 15.0 Å². The van der Waals surface area contributed by atoms with Crippen molar-refractivity contribution in [2.45, 2.75) is 0 Å². The number of hydrogen-bond acceptors (Lipinski definition) is 5. The number of carbonyl (C=O) groups is 2. The normalized spacial score (nSPS) is 15.6. The minimum atomic E-state index is -0.421. The number of methoxy groups -OCH3 is 1. The second kappa shape index (κ2) is 8.66. The molecule has 2 aromatic carbocycles. The molecule has 0 unspecified atom stereocenters. The molecule has 1 aliphatic rings. The van der Waals surface area contributed by atoms with E-state index in [1.807, 2.05) is 36.4 Å². The Morgan fingerprint density at radius 2 is 1.85 bits per heavy atom. The molecule has 0 aromatic heterocycles.